The van der Waals surface area contributed by atoms with Crippen molar-refractivity contribution in [3.05, 3.63) is 41.2 Å². The van der Waals surface area contributed by atoms with Gasteiger partial charge in [0.1, 0.15) is 4.90 Å². The zero-order valence-electron chi connectivity index (χ0n) is 13.2. The quantitative estimate of drug-likeness (QED) is 0.860. The van der Waals surface area contributed by atoms with Gasteiger partial charge >= 0.3 is 0 Å². The minimum atomic E-state index is -3.65. The first kappa shape index (κ1) is 15.6. The first-order valence-electron chi connectivity index (χ1n) is 7.48. The van der Waals surface area contributed by atoms with Gasteiger partial charge in [0.25, 0.3) is 10.0 Å². The molecule has 1 aliphatic rings. The summed E-state index contributed by atoms with van der Waals surface area (Å²) < 4.78 is 29.3. The lowest BCUT2D eigenvalue weighted by Gasteiger charge is -2.19. The van der Waals surface area contributed by atoms with Gasteiger partial charge in [0, 0.05) is 6.54 Å². The van der Waals surface area contributed by atoms with E-state index < -0.39 is 10.0 Å². The molecule has 0 saturated carbocycles. The van der Waals surface area contributed by atoms with Gasteiger partial charge in [-0.25, -0.2) is 8.42 Å². The van der Waals surface area contributed by atoms with Gasteiger partial charge < -0.3 is 0 Å². The van der Waals surface area contributed by atoms with Gasteiger partial charge in [0.15, 0.2) is 0 Å². The Kier molecular flexibility index (Phi) is 3.86. The molecule has 120 valence electrons. The number of para-hydroxylation sites is 1. The molecular formula is C16H18N4O2S. The third-order valence-corrected chi connectivity index (χ3v) is 6.21. The number of hydrogen-bond donors (Lipinski definition) is 0. The lowest BCUT2D eigenvalue weighted by Crippen LogP contribution is -2.30. The van der Waals surface area contributed by atoms with E-state index in [0.717, 1.165) is 17.7 Å². The first-order valence-corrected chi connectivity index (χ1v) is 8.92. The van der Waals surface area contributed by atoms with Gasteiger partial charge in [-0.3, -0.25) is 8.99 Å². The number of aromatic nitrogens is 2. The molecule has 0 bridgehead atoms. The molecular weight excluding hydrogens is 312 g/mol. The van der Waals surface area contributed by atoms with Crippen LogP contribution < -0.4 is 4.31 Å². The minimum Gasteiger partial charge on any atom is -0.267 e. The predicted octanol–water partition coefficient (Wildman–Crippen LogP) is 2.17. The number of fused-ring (bicyclic) bond motifs is 1. The van der Waals surface area contributed by atoms with Crippen molar-refractivity contribution in [3.8, 4) is 6.07 Å². The summed E-state index contributed by atoms with van der Waals surface area (Å²) in [6.07, 6.45) is 1.02. The molecule has 0 atom stereocenters. The second-order valence-corrected chi connectivity index (χ2v) is 7.39. The van der Waals surface area contributed by atoms with Crippen molar-refractivity contribution >= 4 is 15.7 Å². The van der Waals surface area contributed by atoms with Crippen LogP contribution >= 0.6 is 0 Å². The van der Waals surface area contributed by atoms with Crippen LogP contribution in [0.5, 0.6) is 0 Å². The molecule has 23 heavy (non-hydrogen) atoms. The van der Waals surface area contributed by atoms with E-state index in [1.54, 1.807) is 18.5 Å². The standard InChI is InChI=1S/C16H18N4O2S/c1-12-16(13(2)19(18-12)10-5-9-17)23(21,22)20-11-8-14-6-3-4-7-15(14)20/h3-4,6-7H,5,8,10-11H2,1-2H3. The zero-order chi connectivity index (χ0) is 16.6. The van der Waals surface area contributed by atoms with E-state index in [2.05, 4.69) is 11.2 Å². The number of hydrogen-bond acceptors (Lipinski definition) is 4. The smallest absolute Gasteiger partial charge is 0.267 e. The summed E-state index contributed by atoms with van der Waals surface area (Å²) in [7, 11) is -3.65. The summed E-state index contributed by atoms with van der Waals surface area (Å²) in [5.74, 6) is 0. The highest BCUT2D eigenvalue weighted by atomic mass is 32.2. The molecule has 1 aromatic heterocycles. The largest absolute Gasteiger partial charge is 0.268 e. The van der Waals surface area contributed by atoms with E-state index in [0.29, 0.717) is 30.9 Å². The van der Waals surface area contributed by atoms with E-state index in [4.69, 9.17) is 5.26 Å². The van der Waals surface area contributed by atoms with Crippen molar-refractivity contribution in [2.24, 2.45) is 0 Å². The first-order chi connectivity index (χ1) is 11.0. The maximum Gasteiger partial charge on any atom is 0.268 e. The van der Waals surface area contributed by atoms with E-state index in [-0.39, 0.29) is 4.90 Å². The van der Waals surface area contributed by atoms with E-state index in [1.165, 1.54) is 4.31 Å². The monoisotopic (exact) mass is 330 g/mol. The zero-order valence-corrected chi connectivity index (χ0v) is 14.0. The van der Waals surface area contributed by atoms with Crippen LogP contribution in [0.1, 0.15) is 23.4 Å². The summed E-state index contributed by atoms with van der Waals surface area (Å²) in [6.45, 7) is 4.29. The molecule has 2 aromatic rings. The molecule has 2 heterocycles. The topological polar surface area (TPSA) is 79.0 Å². The number of nitrogens with zero attached hydrogens (tertiary/aromatic N) is 4. The number of nitriles is 1. The van der Waals surface area contributed by atoms with E-state index in [1.807, 2.05) is 24.3 Å². The van der Waals surface area contributed by atoms with Crippen LogP contribution in [-0.2, 0) is 23.0 Å². The summed E-state index contributed by atoms with van der Waals surface area (Å²) >= 11 is 0. The number of benzene rings is 1. The molecule has 0 amide bonds. The number of rotatable bonds is 4. The average molecular weight is 330 g/mol. The molecule has 0 fully saturated rings. The molecule has 0 spiro atoms. The Balaban J connectivity index is 2.05. The van der Waals surface area contributed by atoms with Gasteiger partial charge in [-0.1, -0.05) is 18.2 Å². The van der Waals surface area contributed by atoms with Crippen molar-refractivity contribution < 1.29 is 8.42 Å². The number of sulfonamides is 1. The average Bonchev–Trinajstić information content (AvgIpc) is 3.07. The summed E-state index contributed by atoms with van der Waals surface area (Å²) in [4.78, 5) is 0.257. The van der Waals surface area contributed by atoms with Crippen LogP contribution in [0.25, 0.3) is 0 Å². The summed E-state index contributed by atoms with van der Waals surface area (Å²) in [5, 5.41) is 13.0. The fourth-order valence-electron chi connectivity index (χ4n) is 3.10. The predicted molar refractivity (Wildman–Crippen MR) is 86.6 cm³/mol. The van der Waals surface area contributed by atoms with Crippen molar-refractivity contribution in [1.82, 2.24) is 9.78 Å². The number of aryl methyl sites for hydroxylation is 2. The Morgan fingerprint density at radius 1 is 1.30 bits per heavy atom. The second-order valence-electron chi connectivity index (χ2n) is 5.59. The van der Waals surface area contributed by atoms with Crippen LogP contribution in [-0.4, -0.2) is 24.7 Å². The van der Waals surface area contributed by atoms with Crippen LogP contribution in [0.3, 0.4) is 0 Å². The van der Waals surface area contributed by atoms with E-state index >= 15 is 0 Å². The molecule has 3 rings (SSSR count). The molecule has 1 aromatic carbocycles. The Bertz CT molecular complexity index is 893. The number of anilines is 1. The van der Waals surface area contributed by atoms with Crippen molar-refractivity contribution in [2.75, 3.05) is 10.8 Å². The molecule has 7 heteroatoms. The maximum atomic E-state index is 13.1. The van der Waals surface area contributed by atoms with Gasteiger partial charge in [-0.15, -0.1) is 0 Å². The Hall–Kier alpha value is -2.33. The Labute approximate surface area is 136 Å². The Morgan fingerprint density at radius 2 is 2.04 bits per heavy atom. The highest BCUT2D eigenvalue weighted by molar-refractivity contribution is 7.93. The van der Waals surface area contributed by atoms with Gasteiger partial charge in [0.05, 0.1) is 36.1 Å². The summed E-state index contributed by atoms with van der Waals surface area (Å²) in [6, 6.07) is 9.63. The van der Waals surface area contributed by atoms with Crippen molar-refractivity contribution in [1.29, 1.82) is 5.26 Å². The minimum absolute atomic E-state index is 0.257. The molecule has 0 N–H and O–H groups in total. The highest BCUT2D eigenvalue weighted by Crippen LogP contribution is 2.34. The maximum absolute atomic E-state index is 13.1. The third-order valence-electron chi connectivity index (χ3n) is 4.14. The fourth-order valence-corrected chi connectivity index (χ4v) is 4.98. The molecule has 0 radical (unpaired) electrons. The van der Waals surface area contributed by atoms with Gasteiger partial charge in [-0.2, -0.15) is 10.4 Å². The summed E-state index contributed by atoms with van der Waals surface area (Å²) in [5.41, 5.74) is 2.85. The molecule has 1 aliphatic heterocycles. The normalized spacial score (nSPS) is 13.9. The Morgan fingerprint density at radius 3 is 2.78 bits per heavy atom. The third kappa shape index (κ3) is 2.49. The second kappa shape index (κ2) is 5.70. The molecule has 0 aliphatic carbocycles. The highest BCUT2D eigenvalue weighted by Gasteiger charge is 2.34. The van der Waals surface area contributed by atoms with Crippen LogP contribution in [0.2, 0.25) is 0 Å². The van der Waals surface area contributed by atoms with Crippen LogP contribution in [0.15, 0.2) is 29.2 Å². The fraction of sp³-hybridized carbons (Fsp3) is 0.375. The molecule has 0 unspecified atom stereocenters. The van der Waals surface area contributed by atoms with Crippen molar-refractivity contribution in [3.63, 3.8) is 0 Å². The van der Waals surface area contributed by atoms with Gasteiger partial charge in [-0.05, 0) is 31.9 Å². The van der Waals surface area contributed by atoms with Crippen molar-refractivity contribution in [2.45, 2.75) is 38.1 Å². The molecule has 6 nitrogen and oxygen atoms in total. The van der Waals surface area contributed by atoms with E-state index in [9.17, 15) is 8.42 Å². The van der Waals surface area contributed by atoms with Gasteiger partial charge in [0.2, 0.25) is 0 Å². The van der Waals surface area contributed by atoms with Crippen LogP contribution in [0, 0.1) is 25.2 Å². The lowest BCUT2D eigenvalue weighted by molar-refractivity contribution is 0.587. The molecule has 0 saturated heterocycles. The SMILES string of the molecule is Cc1nn(CCC#N)c(C)c1S(=O)(=O)N1CCc2ccccc21. The van der Waals surface area contributed by atoms with Crippen LogP contribution in [0.4, 0.5) is 5.69 Å². The lowest BCUT2D eigenvalue weighted by atomic mass is 10.2.